The van der Waals surface area contributed by atoms with E-state index < -0.39 is 40.5 Å². The number of likely N-dealkylation sites (tertiary alicyclic amines) is 1. The van der Waals surface area contributed by atoms with Crippen LogP contribution in [0.4, 0.5) is 0 Å². The maximum absolute atomic E-state index is 13.7. The van der Waals surface area contributed by atoms with Crippen molar-refractivity contribution in [3.8, 4) is 0 Å². The van der Waals surface area contributed by atoms with Crippen molar-refractivity contribution < 1.29 is 27.6 Å². The lowest BCUT2D eigenvalue weighted by Gasteiger charge is -2.31. The Hall–Kier alpha value is -3.22. The molecule has 4 amide bonds. The second-order valence-corrected chi connectivity index (χ2v) is 11.9. The van der Waals surface area contributed by atoms with Crippen molar-refractivity contribution in [3.05, 3.63) is 41.4 Å². The van der Waals surface area contributed by atoms with Crippen molar-refractivity contribution >= 4 is 56.0 Å². The molecule has 2 N–H and O–H groups in total. The maximum Gasteiger partial charge on any atom is 0.245 e. The summed E-state index contributed by atoms with van der Waals surface area (Å²) >= 11 is 6.03. The minimum Gasteiger partial charge on any atom is -0.369 e. The number of likely N-dealkylation sites (N-methyl/N-ethyl adjacent to an activating group) is 1. The summed E-state index contributed by atoms with van der Waals surface area (Å²) in [5.41, 5.74) is 5.39. The smallest absolute Gasteiger partial charge is 0.245 e. The molecule has 2 aromatic rings. The lowest BCUT2D eigenvalue weighted by atomic mass is 10.1. The molecule has 2 fully saturated rings. The van der Waals surface area contributed by atoms with Gasteiger partial charge in [0, 0.05) is 44.7 Å². The number of sulfonamides is 1. The Morgan fingerprint density at radius 1 is 1.08 bits per heavy atom. The van der Waals surface area contributed by atoms with E-state index in [9.17, 15) is 27.6 Å². The van der Waals surface area contributed by atoms with Crippen LogP contribution in [0.25, 0.3) is 10.8 Å². The van der Waals surface area contributed by atoms with E-state index in [0.717, 1.165) is 9.69 Å². The average Bonchev–Trinajstić information content (AvgIpc) is 3.17. The predicted molar refractivity (Wildman–Crippen MR) is 140 cm³/mol. The van der Waals surface area contributed by atoms with E-state index in [0.29, 0.717) is 23.5 Å². The van der Waals surface area contributed by atoms with Gasteiger partial charge in [-0.05, 0) is 48.4 Å². The van der Waals surface area contributed by atoms with Crippen molar-refractivity contribution in [2.24, 2.45) is 5.73 Å². The minimum absolute atomic E-state index is 0.0608. The number of rotatable bonds is 7. The average molecular weight is 564 g/mol. The van der Waals surface area contributed by atoms with E-state index in [1.807, 2.05) is 0 Å². The van der Waals surface area contributed by atoms with Crippen LogP contribution in [0.2, 0.25) is 5.02 Å². The van der Waals surface area contributed by atoms with Crippen LogP contribution in [-0.2, 0) is 29.2 Å². The van der Waals surface area contributed by atoms with Crippen LogP contribution in [0.5, 0.6) is 0 Å². The summed E-state index contributed by atoms with van der Waals surface area (Å²) in [6.45, 7) is 1.99. The normalized spacial score (nSPS) is 19.8. The van der Waals surface area contributed by atoms with Crippen molar-refractivity contribution in [1.82, 2.24) is 19.0 Å². The van der Waals surface area contributed by atoms with Crippen LogP contribution in [0.1, 0.15) is 19.8 Å². The highest BCUT2D eigenvalue weighted by Gasteiger charge is 2.45. The van der Waals surface area contributed by atoms with Gasteiger partial charge in [-0.15, -0.1) is 0 Å². The molecule has 2 saturated heterocycles. The fraction of sp³-hybridized carbons (Fsp3) is 0.440. The Labute approximate surface area is 226 Å². The van der Waals surface area contributed by atoms with E-state index >= 15 is 0 Å². The summed E-state index contributed by atoms with van der Waals surface area (Å²) in [5, 5.41) is 1.85. The lowest BCUT2D eigenvalue weighted by Crippen LogP contribution is -2.52. The SMILES string of the molecule is C[C@@H](C(=O)N1CCC(=O)N(C)CC1)N1CC[C@H](N(CC(N)=O)S(=O)(=O)c2ccc3cc(Cl)ccc3c2)C1=O. The van der Waals surface area contributed by atoms with Gasteiger partial charge in [0.15, 0.2) is 0 Å². The van der Waals surface area contributed by atoms with E-state index in [2.05, 4.69) is 0 Å². The fourth-order valence-electron chi connectivity index (χ4n) is 4.89. The van der Waals surface area contributed by atoms with Crippen molar-refractivity contribution in [3.63, 3.8) is 0 Å². The highest BCUT2D eigenvalue weighted by Crippen LogP contribution is 2.29. The molecule has 0 unspecified atom stereocenters. The highest BCUT2D eigenvalue weighted by molar-refractivity contribution is 7.89. The number of hydrogen-bond acceptors (Lipinski definition) is 6. The molecule has 2 atom stereocenters. The molecule has 4 rings (SSSR count). The topological polar surface area (TPSA) is 141 Å². The molecule has 2 aliphatic heterocycles. The molecule has 2 aliphatic rings. The molecule has 0 bridgehead atoms. The number of hydrogen-bond donors (Lipinski definition) is 1. The van der Waals surface area contributed by atoms with Gasteiger partial charge in [0.2, 0.25) is 33.7 Å². The first-order chi connectivity index (χ1) is 17.9. The summed E-state index contributed by atoms with van der Waals surface area (Å²) in [6.07, 6.45) is 0.279. The van der Waals surface area contributed by atoms with E-state index in [-0.39, 0.29) is 42.6 Å². The number of primary amides is 1. The van der Waals surface area contributed by atoms with Crippen LogP contribution in [-0.4, -0.2) is 103 Å². The number of amides is 4. The summed E-state index contributed by atoms with van der Waals surface area (Å²) in [7, 11) is -2.63. The molecule has 0 saturated carbocycles. The van der Waals surface area contributed by atoms with Crippen LogP contribution in [0.3, 0.4) is 0 Å². The Morgan fingerprint density at radius 3 is 2.47 bits per heavy atom. The summed E-state index contributed by atoms with van der Waals surface area (Å²) in [4.78, 5) is 54.9. The largest absolute Gasteiger partial charge is 0.369 e. The molecule has 38 heavy (non-hydrogen) atoms. The highest BCUT2D eigenvalue weighted by atomic mass is 35.5. The van der Waals surface area contributed by atoms with Gasteiger partial charge in [-0.3, -0.25) is 19.2 Å². The zero-order valence-electron chi connectivity index (χ0n) is 21.2. The molecule has 13 heteroatoms. The van der Waals surface area contributed by atoms with Crippen LogP contribution < -0.4 is 5.73 Å². The molecular weight excluding hydrogens is 534 g/mol. The minimum atomic E-state index is -4.31. The second-order valence-electron chi connectivity index (χ2n) is 9.57. The Morgan fingerprint density at radius 2 is 1.76 bits per heavy atom. The fourth-order valence-corrected chi connectivity index (χ4v) is 6.69. The molecule has 11 nitrogen and oxygen atoms in total. The third-order valence-corrected chi connectivity index (χ3v) is 9.20. The number of fused-ring (bicyclic) bond motifs is 1. The van der Waals surface area contributed by atoms with Crippen molar-refractivity contribution in [1.29, 1.82) is 0 Å². The van der Waals surface area contributed by atoms with E-state index in [1.165, 1.54) is 17.0 Å². The second kappa shape index (κ2) is 10.9. The monoisotopic (exact) mass is 563 g/mol. The third kappa shape index (κ3) is 5.47. The zero-order chi connectivity index (χ0) is 27.8. The summed E-state index contributed by atoms with van der Waals surface area (Å²) in [5.74, 6) is -1.87. The maximum atomic E-state index is 13.7. The molecule has 2 heterocycles. The van der Waals surface area contributed by atoms with E-state index in [1.54, 1.807) is 48.0 Å². The predicted octanol–water partition coefficient (Wildman–Crippen LogP) is 0.649. The first kappa shape index (κ1) is 27.8. The summed E-state index contributed by atoms with van der Waals surface area (Å²) in [6, 6.07) is 7.40. The number of benzene rings is 2. The quantitative estimate of drug-likeness (QED) is 0.524. The van der Waals surface area contributed by atoms with Crippen molar-refractivity contribution in [2.45, 2.75) is 36.7 Å². The zero-order valence-corrected chi connectivity index (χ0v) is 22.7. The van der Waals surface area contributed by atoms with Gasteiger partial charge in [-0.25, -0.2) is 8.42 Å². The molecule has 204 valence electrons. The Kier molecular flexibility index (Phi) is 7.96. The molecule has 0 radical (unpaired) electrons. The molecule has 0 spiro atoms. The number of nitrogens with zero attached hydrogens (tertiary/aromatic N) is 4. The third-order valence-electron chi connectivity index (χ3n) is 7.11. The van der Waals surface area contributed by atoms with Gasteiger partial charge in [0.05, 0.1) is 11.4 Å². The van der Waals surface area contributed by atoms with Gasteiger partial charge < -0.3 is 20.4 Å². The Bertz CT molecular complexity index is 1400. The first-order valence-corrected chi connectivity index (χ1v) is 14.0. The van der Waals surface area contributed by atoms with Crippen LogP contribution in [0.15, 0.2) is 41.3 Å². The van der Waals surface area contributed by atoms with Crippen LogP contribution >= 0.6 is 11.6 Å². The van der Waals surface area contributed by atoms with Gasteiger partial charge in [-0.2, -0.15) is 4.31 Å². The number of carbonyl (C=O) groups excluding carboxylic acids is 4. The number of carbonyl (C=O) groups is 4. The van der Waals surface area contributed by atoms with Gasteiger partial charge in [0.25, 0.3) is 0 Å². The molecule has 2 aromatic carbocycles. The lowest BCUT2D eigenvalue weighted by molar-refractivity contribution is -0.144. The van der Waals surface area contributed by atoms with Gasteiger partial charge in [-0.1, -0.05) is 23.7 Å². The van der Waals surface area contributed by atoms with E-state index in [4.69, 9.17) is 17.3 Å². The number of nitrogens with two attached hydrogens (primary N) is 1. The van der Waals surface area contributed by atoms with Crippen molar-refractivity contribution in [2.75, 3.05) is 39.8 Å². The van der Waals surface area contributed by atoms with Gasteiger partial charge in [0.1, 0.15) is 12.1 Å². The standard InChI is InChI=1S/C25H30ClN5O6S/c1-16(24(34)29-9-8-23(33)28(2)11-12-29)30-10-7-21(25(30)35)31(15-22(27)32)38(36,37)20-6-4-17-13-19(26)5-3-18(17)14-20/h3-6,13-14,16,21H,7-12,15H2,1-2H3,(H2,27,32)/t16-,21-/m0/s1. The summed E-state index contributed by atoms with van der Waals surface area (Å²) < 4.78 is 28.2. The van der Waals surface area contributed by atoms with Crippen LogP contribution in [0, 0.1) is 0 Å². The molecule has 0 aliphatic carbocycles. The number of halogens is 1. The van der Waals surface area contributed by atoms with Gasteiger partial charge >= 0.3 is 0 Å². The Balaban J connectivity index is 1.57. The molecule has 0 aromatic heterocycles. The first-order valence-electron chi connectivity index (χ1n) is 12.2. The molecular formula is C25H30ClN5O6S.